The van der Waals surface area contributed by atoms with Gasteiger partial charge in [-0.1, -0.05) is 41.5 Å². The SMILES string of the molecule is CC(C(C)C(F)(F)F)C(F)(F)F.CC(C(C)C(F)(F)F)C(F)(F)F.CC(CCC(F)(F)F)C(F)(F)F.CC(CCC(F)(F)F)C(F)(F)F. The molecule has 0 heterocycles. The summed E-state index contributed by atoms with van der Waals surface area (Å²) >= 11 is 0. The fraction of sp³-hybridized carbons (Fsp3) is 1.00. The summed E-state index contributed by atoms with van der Waals surface area (Å²) in [5.41, 5.74) is 0. The van der Waals surface area contributed by atoms with E-state index in [1.165, 1.54) is 0 Å². The zero-order valence-electron chi connectivity index (χ0n) is 25.4. The van der Waals surface area contributed by atoms with Crippen LogP contribution in [0, 0.1) is 35.5 Å². The Bertz CT molecular complexity index is 724. The second-order valence-electron chi connectivity index (χ2n) is 10.5. The highest BCUT2D eigenvalue weighted by atomic mass is 19.4. The molecule has 6 atom stereocenters. The molecule has 0 aliphatic carbocycles. The standard InChI is InChI=1S/4C6H8F6/c2*1-4(6(10,11)12)2-3-5(7,8)9;2*1-3(5(7,8)9)4(2)6(10,11)12/h2*4H,2-3H2,1H3;2*3-4H,1-2H3. The fourth-order valence-corrected chi connectivity index (χ4v) is 2.22. The van der Waals surface area contributed by atoms with Gasteiger partial charge >= 0.3 is 49.4 Å². The molecule has 0 radical (unpaired) electrons. The summed E-state index contributed by atoms with van der Waals surface area (Å²) < 4.78 is 279. The van der Waals surface area contributed by atoms with Crippen LogP contribution >= 0.6 is 0 Å². The molecule has 0 N–H and O–H groups in total. The summed E-state index contributed by atoms with van der Waals surface area (Å²) in [5, 5.41) is 0. The van der Waals surface area contributed by atoms with Crippen molar-refractivity contribution < 1.29 is 105 Å². The molecule has 0 aliphatic rings. The van der Waals surface area contributed by atoms with Crippen LogP contribution in [0.1, 0.15) is 67.2 Å². The molecule has 6 unspecified atom stereocenters. The Balaban J connectivity index is -0.000000269. The zero-order chi connectivity index (χ0) is 40.3. The molecule has 0 rings (SSSR count). The van der Waals surface area contributed by atoms with Crippen LogP contribution in [0.5, 0.6) is 0 Å². The van der Waals surface area contributed by atoms with E-state index in [4.69, 9.17) is 0 Å². The molecule has 0 aromatic rings. The normalized spacial score (nSPS) is 17.6. The van der Waals surface area contributed by atoms with E-state index in [2.05, 4.69) is 0 Å². The van der Waals surface area contributed by atoms with Crippen LogP contribution in [0.4, 0.5) is 105 Å². The minimum atomic E-state index is -4.78. The summed E-state index contributed by atoms with van der Waals surface area (Å²) in [4.78, 5) is 0. The van der Waals surface area contributed by atoms with Gasteiger partial charge < -0.3 is 0 Å². The first kappa shape index (κ1) is 53.1. The number of rotatable bonds is 6. The molecule has 0 aromatic carbocycles. The van der Waals surface area contributed by atoms with Gasteiger partial charge in [-0.3, -0.25) is 0 Å². The fourth-order valence-electron chi connectivity index (χ4n) is 2.22. The van der Waals surface area contributed by atoms with Crippen LogP contribution in [-0.4, -0.2) is 49.4 Å². The van der Waals surface area contributed by atoms with Gasteiger partial charge in [-0.2, -0.15) is 105 Å². The van der Waals surface area contributed by atoms with Crippen molar-refractivity contribution in [2.24, 2.45) is 35.5 Å². The molecule has 0 nitrogen and oxygen atoms in total. The highest BCUT2D eigenvalue weighted by Gasteiger charge is 2.51. The molecular weight excluding hydrogens is 744 g/mol. The summed E-state index contributed by atoms with van der Waals surface area (Å²) in [6, 6.07) is 0. The Kier molecular flexibility index (Phi) is 21.1. The van der Waals surface area contributed by atoms with E-state index in [1.54, 1.807) is 0 Å². The molecule has 0 fully saturated rings. The molecular formula is C24H32F24. The maximum Gasteiger partial charge on any atom is 0.392 e. The van der Waals surface area contributed by atoms with Gasteiger partial charge in [0.1, 0.15) is 0 Å². The zero-order valence-corrected chi connectivity index (χ0v) is 25.4. The molecule has 48 heavy (non-hydrogen) atoms. The maximum atomic E-state index is 11.7. The van der Waals surface area contributed by atoms with Crippen LogP contribution in [-0.2, 0) is 0 Å². The van der Waals surface area contributed by atoms with Gasteiger partial charge in [0.25, 0.3) is 0 Å². The number of hydrogen-bond donors (Lipinski definition) is 0. The molecule has 0 amide bonds. The second kappa shape index (κ2) is 19.1. The summed E-state index contributed by atoms with van der Waals surface area (Å²) in [6.07, 6.45) is -41.7. The van der Waals surface area contributed by atoms with Crippen molar-refractivity contribution in [3.05, 3.63) is 0 Å². The van der Waals surface area contributed by atoms with Crippen molar-refractivity contribution in [1.29, 1.82) is 0 Å². The molecule has 0 aliphatic heterocycles. The van der Waals surface area contributed by atoms with Gasteiger partial charge in [0.05, 0.1) is 35.5 Å². The monoisotopic (exact) mass is 776 g/mol. The van der Waals surface area contributed by atoms with Crippen molar-refractivity contribution in [2.45, 2.75) is 117 Å². The third-order valence-corrected chi connectivity index (χ3v) is 6.40. The van der Waals surface area contributed by atoms with Gasteiger partial charge in [-0.05, 0) is 12.8 Å². The number of hydrogen-bond acceptors (Lipinski definition) is 0. The Morgan fingerprint density at radius 3 is 0.500 bits per heavy atom. The van der Waals surface area contributed by atoms with Gasteiger partial charge in [0.2, 0.25) is 0 Å². The lowest BCUT2D eigenvalue weighted by atomic mass is 9.95. The minimum Gasteiger partial charge on any atom is -0.171 e. The smallest absolute Gasteiger partial charge is 0.171 e. The molecule has 24 heteroatoms. The molecule has 296 valence electrons. The Morgan fingerprint density at radius 1 is 0.271 bits per heavy atom. The molecule has 0 aromatic heterocycles. The summed E-state index contributed by atoms with van der Waals surface area (Å²) in [7, 11) is 0. The molecule has 0 saturated carbocycles. The first-order chi connectivity index (χ1) is 20.4. The highest BCUT2D eigenvalue weighted by molar-refractivity contribution is 4.75. The second-order valence-corrected chi connectivity index (χ2v) is 10.5. The quantitative estimate of drug-likeness (QED) is 0.236. The van der Waals surface area contributed by atoms with E-state index in [0.717, 1.165) is 13.8 Å². The van der Waals surface area contributed by atoms with E-state index >= 15 is 0 Å². The van der Waals surface area contributed by atoms with Crippen LogP contribution in [0.2, 0.25) is 0 Å². The number of alkyl halides is 24. The Labute approximate surface area is 258 Å². The van der Waals surface area contributed by atoms with Gasteiger partial charge in [-0.15, -0.1) is 0 Å². The third kappa shape index (κ3) is 28.2. The largest absolute Gasteiger partial charge is 0.392 e. The first-order valence-electron chi connectivity index (χ1n) is 12.9. The topological polar surface area (TPSA) is 0 Å². The van der Waals surface area contributed by atoms with Crippen molar-refractivity contribution in [1.82, 2.24) is 0 Å². The van der Waals surface area contributed by atoms with Crippen molar-refractivity contribution >= 4 is 0 Å². The lowest BCUT2D eigenvalue weighted by molar-refractivity contribution is -0.245. The number of halogens is 24. The predicted molar refractivity (Wildman–Crippen MR) is 122 cm³/mol. The van der Waals surface area contributed by atoms with E-state index in [9.17, 15) is 105 Å². The predicted octanol–water partition coefficient (Wildman–Crippen LogP) is 13.8. The Hall–Kier alpha value is -1.68. The first-order valence-corrected chi connectivity index (χ1v) is 12.9. The minimum absolute atomic E-state index is 0.526. The van der Waals surface area contributed by atoms with Crippen LogP contribution in [0.3, 0.4) is 0 Å². The van der Waals surface area contributed by atoms with Crippen molar-refractivity contribution in [3.8, 4) is 0 Å². The van der Waals surface area contributed by atoms with Crippen LogP contribution in [0.15, 0.2) is 0 Å². The molecule has 0 bridgehead atoms. The molecule has 0 spiro atoms. The summed E-state index contributed by atoms with van der Waals surface area (Å²) in [5.74, 6) is -13.2. The van der Waals surface area contributed by atoms with E-state index < -0.39 is 111 Å². The van der Waals surface area contributed by atoms with Crippen molar-refractivity contribution in [2.75, 3.05) is 0 Å². The van der Waals surface area contributed by atoms with Gasteiger partial charge in [0.15, 0.2) is 0 Å². The van der Waals surface area contributed by atoms with E-state index in [-0.39, 0.29) is 0 Å². The lowest BCUT2D eigenvalue weighted by Crippen LogP contribution is -2.35. The lowest BCUT2D eigenvalue weighted by Gasteiger charge is -2.24. The van der Waals surface area contributed by atoms with E-state index in [1.807, 2.05) is 0 Å². The van der Waals surface area contributed by atoms with Crippen LogP contribution in [0.25, 0.3) is 0 Å². The summed E-state index contributed by atoms with van der Waals surface area (Å²) in [6.45, 7) is 3.59. The van der Waals surface area contributed by atoms with Crippen molar-refractivity contribution in [3.63, 3.8) is 0 Å². The average Bonchev–Trinajstić information content (AvgIpc) is 2.80. The van der Waals surface area contributed by atoms with Gasteiger partial charge in [0, 0.05) is 12.8 Å². The molecule has 0 saturated heterocycles. The maximum absolute atomic E-state index is 11.7. The average molecular weight is 776 g/mol. The highest BCUT2D eigenvalue weighted by Crippen LogP contribution is 2.41. The third-order valence-electron chi connectivity index (χ3n) is 6.40. The van der Waals surface area contributed by atoms with Crippen LogP contribution < -0.4 is 0 Å². The Morgan fingerprint density at radius 2 is 0.417 bits per heavy atom. The van der Waals surface area contributed by atoms with Gasteiger partial charge in [-0.25, -0.2) is 0 Å². The van der Waals surface area contributed by atoms with E-state index in [0.29, 0.717) is 27.7 Å².